The van der Waals surface area contributed by atoms with Crippen LogP contribution in [0.5, 0.6) is 0 Å². The molecule has 2 aromatic rings. The van der Waals surface area contributed by atoms with Crippen LogP contribution in [0.4, 0.5) is 0 Å². The van der Waals surface area contributed by atoms with Crippen molar-refractivity contribution in [3.63, 3.8) is 0 Å². The molecule has 2 N–H and O–H groups in total. The first-order valence-electron chi connectivity index (χ1n) is 9.61. The van der Waals surface area contributed by atoms with Crippen molar-refractivity contribution in [3.05, 3.63) is 50.9 Å². The van der Waals surface area contributed by atoms with Crippen molar-refractivity contribution in [3.8, 4) is 11.8 Å². The van der Waals surface area contributed by atoms with E-state index < -0.39 is 12.3 Å². The molecule has 4 rings (SSSR count). The number of aliphatic hydroxyl groups is 1. The number of amides is 2. The van der Waals surface area contributed by atoms with Crippen LogP contribution in [-0.4, -0.2) is 43.9 Å². The lowest BCUT2D eigenvalue weighted by molar-refractivity contribution is -0.132. The molecule has 2 amide bonds. The van der Waals surface area contributed by atoms with Crippen LogP contribution in [0.3, 0.4) is 0 Å². The maximum atomic E-state index is 12.8. The molecule has 0 radical (unpaired) electrons. The summed E-state index contributed by atoms with van der Waals surface area (Å²) in [6.07, 6.45) is 5.54. The van der Waals surface area contributed by atoms with Crippen LogP contribution >= 0.6 is 22.6 Å². The number of nitrogens with zero attached hydrogens (tertiary/aromatic N) is 3. The highest BCUT2D eigenvalue weighted by Gasteiger charge is 2.39. The first-order valence-corrected chi connectivity index (χ1v) is 10.7. The third-order valence-electron chi connectivity index (χ3n) is 5.21. The standard InChI is InChI=1S/C21H21IN4O3/c22-15-11-23-25(12-15)10-3-1-2-5-14-6-4-7-16-17(14)13-26(21(16)29)18-8-9-19(27)24-20(18)28/h4,6-7,11-12,18-19,27H,1,3,8-10,13H2,(H,24,28). The number of hydrogen-bond acceptors (Lipinski definition) is 4. The predicted octanol–water partition coefficient (Wildman–Crippen LogP) is 1.87. The molecule has 2 unspecified atom stereocenters. The average Bonchev–Trinajstić information content (AvgIpc) is 3.25. The highest BCUT2D eigenvalue weighted by Crippen LogP contribution is 2.29. The molecule has 1 aromatic heterocycles. The van der Waals surface area contributed by atoms with Crippen molar-refractivity contribution < 1.29 is 14.7 Å². The van der Waals surface area contributed by atoms with Gasteiger partial charge in [-0.15, -0.1) is 0 Å². The molecule has 2 aliphatic heterocycles. The molecular formula is C21H21IN4O3. The Morgan fingerprint density at radius 2 is 2.17 bits per heavy atom. The molecule has 8 heteroatoms. The molecule has 3 heterocycles. The zero-order chi connectivity index (χ0) is 20.4. The van der Waals surface area contributed by atoms with Gasteiger partial charge in [-0.25, -0.2) is 0 Å². The Morgan fingerprint density at radius 1 is 1.31 bits per heavy atom. The van der Waals surface area contributed by atoms with E-state index in [1.54, 1.807) is 11.0 Å². The quantitative estimate of drug-likeness (QED) is 0.378. The molecule has 0 spiro atoms. The van der Waals surface area contributed by atoms with Crippen LogP contribution in [-0.2, 0) is 17.9 Å². The smallest absolute Gasteiger partial charge is 0.255 e. The number of fused-ring (bicyclic) bond motifs is 1. The summed E-state index contributed by atoms with van der Waals surface area (Å²) in [5, 5.41) is 16.4. The summed E-state index contributed by atoms with van der Waals surface area (Å²) in [7, 11) is 0. The van der Waals surface area contributed by atoms with E-state index >= 15 is 0 Å². The maximum Gasteiger partial charge on any atom is 0.255 e. The summed E-state index contributed by atoms with van der Waals surface area (Å²) in [4.78, 5) is 26.7. The first kappa shape index (κ1) is 19.9. The van der Waals surface area contributed by atoms with E-state index in [-0.39, 0.29) is 11.8 Å². The van der Waals surface area contributed by atoms with E-state index in [2.05, 4.69) is 44.8 Å². The van der Waals surface area contributed by atoms with Crippen LogP contribution in [0.25, 0.3) is 0 Å². The molecule has 150 valence electrons. The molecule has 1 aromatic carbocycles. The maximum absolute atomic E-state index is 12.8. The van der Waals surface area contributed by atoms with Crippen LogP contribution in [0.2, 0.25) is 0 Å². The van der Waals surface area contributed by atoms with E-state index in [0.29, 0.717) is 24.9 Å². The minimum atomic E-state index is -0.828. The SMILES string of the molecule is O=C1NC(O)CCC1N1Cc2c(C#CCCCn3cc(I)cn3)cccc2C1=O. The number of aryl methyl sites for hydroxylation is 1. The van der Waals surface area contributed by atoms with Crippen molar-refractivity contribution in [1.82, 2.24) is 20.0 Å². The van der Waals surface area contributed by atoms with Gasteiger partial charge in [-0.05, 0) is 59.5 Å². The molecule has 29 heavy (non-hydrogen) atoms. The number of nitrogens with one attached hydrogen (secondary N) is 1. The molecule has 1 saturated heterocycles. The molecular weight excluding hydrogens is 483 g/mol. The summed E-state index contributed by atoms with van der Waals surface area (Å²) in [5.41, 5.74) is 2.33. The van der Waals surface area contributed by atoms with Crippen molar-refractivity contribution in [1.29, 1.82) is 0 Å². The zero-order valence-corrected chi connectivity index (χ0v) is 17.9. The fraction of sp³-hybridized carbons (Fsp3) is 0.381. The summed E-state index contributed by atoms with van der Waals surface area (Å²) in [5.74, 6) is 5.95. The number of aliphatic hydroxyl groups excluding tert-OH is 1. The van der Waals surface area contributed by atoms with Crippen LogP contribution in [0.15, 0.2) is 30.6 Å². The van der Waals surface area contributed by atoms with E-state index in [1.165, 1.54) is 0 Å². The van der Waals surface area contributed by atoms with Crippen molar-refractivity contribution in [2.24, 2.45) is 0 Å². The highest BCUT2D eigenvalue weighted by molar-refractivity contribution is 14.1. The number of unbranched alkanes of at least 4 members (excludes halogenated alkanes) is 1. The Bertz CT molecular complexity index is 1010. The molecule has 2 aliphatic rings. The summed E-state index contributed by atoms with van der Waals surface area (Å²) >= 11 is 2.23. The molecule has 0 saturated carbocycles. The molecule has 2 atom stereocenters. The van der Waals surface area contributed by atoms with Gasteiger partial charge < -0.3 is 15.3 Å². The Hall–Kier alpha value is -2.38. The third kappa shape index (κ3) is 4.31. The van der Waals surface area contributed by atoms with Gasteiger partial charge >= 0.3 is 0 Å². The van der Waals surface area contributed by atoms with Gasteiger partial charge in [-0.1, -0.05) is 17.9 Å². The predicted molar refractivity (Wildman–Crippen MR) is 115 cm³/mol. The van der Waals surface area contributed by atoms with Gasteiger partial charge in [-0.2, -0.15) is 5.10 Å². The summed E-state index contributed by atoms with van der Waals surface area (Å²) < 4.78 is 3.02. The Kier molecular flexibility index (Phi) is 5.87. The number of halogens is 1. The molecule has 7 nitrogen and oxygen atoms in total. The molecule has 1 fully saturated rings. The second-order valence-corrected chi connectivity index (χ2v) is 8.45. The zero-order valence-electron chi connectivity index (χ0n) is 15.8. The van der Waals surface area contributed by atoms with E-state index in [1.807, 2.05) is 29.2 Å². The second kappa shape index (κ2) is 8.55. The van der Waals surface area contributed by atoms with Gasteiger partial charge in [0.2, 0.25) is 5.91 Å². The number of carbonyl (C=O) groups excluding carboxylic acids is 2. The lowest BCUT2D eigenvalue weighted by atomic mass is 10.0. The van der Waals surface area contributed by atoms with Crippen molar-refractivity contribution in [2.75, 3.05) is 0 Å². The number of hydrogen-bond donors (Lipinski definition) is 2. The van der Waals surface area contributed by atoms with Gasteiger partial charge in [0.25, 0.3) is 5.91 Å². The average molecular weight is 504 g/mol. The minimum absolute atomic E-state index is 0.145. The Balaban J connectivity index is 1.42. The van der Waals surface area contributed by atoms with Gasteiger partial charge in [0.05, 0.1) is 9.77 Å². The monoisotopic (exact) mass is 504 g/mol. The highest BCUT2D eigenvalue weighted by atomic mass is 127. The third-order valence-corrected chi connectivity index (χ3v) is 5.77. The van der Waals surface area contributed by atoms with Crippen molar-refractivity contribution in [2.45, 2.75) is 51.0 Å². The van der Waals surface area contributed by atoms with E-state index in [4.69, 9.17) is 0 Å². The fourth-order valence-corrected chi connectivity index (χ4v) is 4.19. The first-order chi connectivity index (χ1) is 14.0. The largest absolute Gasteiger partial charge is 0.374 e. The minimum Gasteiger partial charge on any atom is -0.374 e. The second-order valence-electron chi connectivity index (χ2n) is 7.21. The molecule has 0 aliphatic carbocycles. The van der Waals surface area contributed by atoms with E-state index in [0.717, 1.165) is 34.1 Å². The van der Waals surface area contributed by atoms with Gasteiger partial charge in [0, 0.05) is 36.8 Å². The number of rotatable bonds is 4. The number of aromatic nitrogens is 2. The van der Waals surface area contributed by atoms with Crippen LogP contribution < -0.4 is 5.32 Å². The molecule has 0 bridgehead atoms. The Morgan fingerprint density at radius 3 is 2.93 bits per heavy atom. The van der Waals surface area contributed by atoms with Crippen molar-refractivity contribution >= 4 is 34.4 Å². The topological polar surface area (TPSA) is 87.5 Å². The van der Waals surface area contributed by atoms with Crippen LogP contribution in [0.1, 0.15) is 47.2 Å². The van der Waals surface area contributed by atoms with Gasteiger partial charge in [0.1, 0.15) is 12.3 Å². The lowest BCUT2D eigenvalue weighted by Crippen LogP contribution is -2.54. The fourth-order valence-electron chi connectivity index (χ4n) is 3.75. The number of carbonyl (C=O) groups is 2. The summed E-state index contributed by atoms with van der Waals surface area (Å²) in [6, 6.07) is 5.00. The number of benzene rings is 1. The summed E-state index contributed by atoms with van der Waals surface area (Å²) in [6.45, 7) is 1.19. The van der Waals surface area contributed by atoms with Crippen LogP contribution in [0, 0.1) is 15.4 Å². The Labute approximate surface area is 182 Å². The van der Waals surface area contributed by atoms with Gasteiger partial charge in [0.15, 0.2) is 0 Å². The number of piperidine rings is 1. The normalized spacial score (nSPS) is 20.8. The lowest BCUT2D eigenvalue weighted by Gasteiger charge is -2.32. The van der Waals surface area contributed by atoms with E-state index in [9.17, 15) is 14.7 Å². The van der Waals surface area contributed by atoms with Gasteiger partial charge in [-0.3, -0.25) is 14.3 Å².